The van der Waals surface area contributed by atoms with Crippen LogP contribution in [-0.2, 0) is 4.79 Å². The van der Waals surface area contributed by atoms with E-state index in [1.165, 1.54) is 31.4 Å². The minimum Gasteiger partial charge on any atom is -0.369 e. The van der Waals surface area contributed by atoms with E-state index >= 15 is 0 Å². The standard InChI is InChI=1S/C19H28FN3O/c1-15-4-2-3-5-18(15)21-19(24)14-22-10-12-23(13-11-22)17-8-6-16(20)7-9-17/h6-9,15,18H,2-5,10-14H2,1H3,(H,21,24)/t15-,18+/m0/s1. The molecule has 2 fully saturated rings. The van der Waals surface area contributed by atoms with Crippen molar-refractivity contribution in [3.05, 3.63) is 30.1 Å². The van der Waals surface area contributed by atoms with Crippen molar-refractivity contribution in [2.45, 2.75) is 38.6 Å². The molecule has 3 rings (SSSR count). The van der Waals surface area contributed by atoms with Gasteiger partial charge >= 0.3 is 0 Å². The molecule has 2 atom stereocenters. The van der Waals surface area contributed by atoms with Gasteiger partial charge in [0.05, 0.1) is 6.54 Å². The molecule has 4 nitrogen and oxygen atoms in total. The average molecular weight is 333 g/mol. The molecule has 132 valence electrons. The lowest BCUT2D eigenvalue weighted by atomic mass is 9.86. The van der Waals surface area contributed by atoms with Gasteiger partial charge in [0.25, 0.3) is 0 Å². The molecule has 0 aromatic heterocycles. The summed E-state index contributed by atoms with van der Waals surface area (Å²) in [5, 5.41) is 3.23. The van der Waals surface area contributed by atoms with Gasteiger partial charge in [-0.05, 0) is 43.0 Å². The van der Waals surface area contributed by atoms with Crippen LogP contribution in [0.2, 0.25) is 0 Å². The van der Waals surface area contributed by atoms with Crippen molar-refractivity contribution in [2.75, 3.05) is 37.6 Å². The summed E-state index contributed by atoms with van der Waals surface area (Å²) in [6.07, 6.45) is 4.86. The van der Waals surface area contributed by atoms with E-state index in [0.29, 0.717) is 18.5 Å². The van der Waals surface area contributed by atoms with Crippen molar-refractivity contribution >= 4 is 11.6 Å². The number of halogens is 1. The maximum atomic E-state index is 13.0. The number of hydrogen-bond acceptors (Lipinski definition) is 3. The molecule has 1 saturated carbocycles. The highest BCUT2D eigenvalue weighted by Crippen LogP contribution is 2.23. The largest absolute Gasteiger partial charge is 0.369 e. The van der Waals surface area contributed by atoms with Crippen molar-refractivity contribution in [3.63, 3.8) is 0 Å². The topological polar surface area (TPSA) is 35.6 Å². The van der Waals surface area contributed by atoms with Crippen LogP contribution < -0.4 is 10.2 Å². The predicted molar refractivity (Wildman–Crippen MR) is 94.6 cm³/mol. The van der Waals surface area contributed by atoms with Gasteiger partial charge in [-0.1, -0.05) is 19.8 Å². The lowest BCUT2D eigenvalue weighted by Gasteiger charge is -2.36. The Morgan fingerprint density at radius 1 is 1.12 bits per heavy atom. The van der Waals surface area contributed by atoms with Gasteiger partial charge in [-0.2, -0.15) is 0 Å². The summed E-state index contributed by atoms with van der Waals surface area (Å²) < 4.78 is 13.0. The molecule has 1 aromatic carbocycles. The number of hydrogen-bond donors (Lipinski definition) is 1. The third-order valence-corrected chi connectivity index (χ3v) is 5.39. The van der Waals surface area contributed by atoms with E-state index in [-0.39, 0.29) is 11.7 Å². The first-order chi connectivity index (χ1) is 11.6. The number of nitrogens with zero attached hydrogens (tertiary/aromatic N) is 2. The van der Waals surface area contributed by atoms with Crippen LogP contribution >= 0.6 is 0 Å². The van der Waals surface area contributed by atoms with Crippen molar-refractivity contribution in [2.24, 2.45) is 5.92 Å². The molecular weight excluding hydrogens is 305 g/mol. The Morgan fingerprint density at radius 3 is 2.46 bits per heavy atom. The summed E-state index contributed by atoms with van der Waals surface area (Å²) in [5.74, 6) is 0.549. The van der Waals surface area contributed by atoms with Crippen molar-refractivity contribution in [3.8, 4) is 0 Å². The van der Waals surface area contributed by atoms with Gasteiger partial charge in [0.1, 0.15) is 5.82 Å². The van der Waals surface area contributed by atoms with E-state index in [0.717, 1.165) is 38.3 Å². The number of anilines is 1. The predicted octanol–water partition coefficient (Wildman–Crippen LogP) is 2.64. The van der Waals surface area contributed by atoms with Crippen LogP contribution in [0, 0.1) is 11.7 Å². The summed E-state index contributed by atoms with van der Waals surface area (Å²) in [6, 6.07) is 7.00. The molecule has 1 N–H and O–H groups in total. The second kappa shape index (κ2) is 7.97. The van der Waals surface area contributed by atoms with Crippen molar-refractivity contribution in [1.82, 2.24) is 10.2 Å². The molecule has 5 heteroatoms. The van der Waals surface area contributed by atoms with E-state index in [4.69, 9.17) is 0 Å². The van der Waals surface area contributed by atoms with Gasteiger partial charge in [-0.3, -0.25) is 9.69 Å². The Morgan fingerprint density at radius 2 is 1.79 bits per heavy atom. The van der Waals surface area contributed by atoms with Gasteiger partial charge in [-0.25, -0.2) is 4.39 Å². The quantitative estimate of drug-likeness (QED) is 0.920. The van der Waals surface area contributed by atoms with E-state index in [1.807, 2.05) is 12.1 Å². The van der Waals surface area contributed by atoms with E-state index < -0.39 is 0 Å². The smallest absolute Gasteiger partial charge is 0.234 e. The first-order valence-electron chi connectivity index (χ1n) is 9.14. The molecule has 0 bridgehead atoms. The molecule has 0 unspecified atom stereocenters. The number of carbonyl (C=O) groups excluding carboxylic acids is 1. The van der Waals surface area contributed by atoms with Gasteiger partial charge in [0, 0.05) is 37.9 Å². The molecule has 0 spiro atoms. The number of benzene rings is 1. The Bertz CT molecular complexity index is 540. The number of nitrogens with one attached hydrogen (secondary N) is 1. The molecule has 1 aliphatic heterocycles. The number of piperazine rings is 1. The van der Waals surface area contributed by atoms with Gasteiger partial charge < -0.3 is 10.2 Å². The number of amides is 1. The molecule has 1 amide bonds. The molecule has 1 aliphatic carbocycles. The highest BCUT2D eigenvalue weighted by Gasteiger charge is 2.24. The number of carbonyl (C=O) groups is 1. The van der Waals surface area contributed by atoms with Crippen molar-refractivity contribution in [1.29, 1.82) is 0 Å². The van der Waals surface area contributed by atoms with Crippen LogP contribution in [0.4, 0.5) is 10.1 Å². The fraction of sp³-hybridized carbons (Fsp3) is 0.632. The Labute approximate surface area is 144 Å². The fourth-order valence-electron chi connectivity index (χ4n) is 3.80. The zero-order chi connectivity index (χ0) is 16.9. The SMILES string of the molecule is C[C@H]1CCCC[C@H]1NC(=O)CN1CCN(c2ccc(F)cc2)CC1. The van der Waals surface area contributed by atoms with E-state index in [2.05, 4.69) is 22.0 Å². The minimum absolute atomic E-state index is 0.156. The maximum absolute atomic E-state index is 13.0. The zero-order valence-corrected chi connectivity index (χ0v) is 14.5. The highest BCUT2D eigenvalue weighted by atomic mass is 19.1. The summed E-state index contributed by atoms with van der Waals surface area (Å²) in [4.78, 5) is 16.8. The summed E-state index contributed by atoms with van der Waals surface area (Å²) in [6.45, 7) is 6.21. The molecule has 1 aromatic rings. The van der Waals surface area contributed by atoms with Crippen LogP contribution in [0.5, 0.6) is 0 Å². The van der Waals surface area contributed by atoms with E-state index in [1.54, 1.807) is 0 Å². The second-order valence-corrected chi connectivity index (χ2v) is 7.18. The van der Waals surface area contributed by atoms with Crippen LogP contribution in [0.1, 0.15) is 32.6 Å². The van der Waals surface area contributed by atoms with Crippen LogP contribution in [0.15, 0.2) is 24.3 Å². The normalized spacial score (nSPS) is 25.5. The Hall–Kier alpha value is -1.62. The second-order valence-electron chi connectivity index (χ2n) is 7.18. The first-order valence-corrected chi connectivity index (χ1v) is 9.14. The first kappa shape index (κ1) is 17.2. The number of rotatable bonds is 4. The van der Waals surface area contributed by atoms with Crippen LogP contribution in [-0.4, -0.2) is 49.6 Å². The van der Waals surface area contributed by atoms with Gasteiger partial charge in [0.2, 0.25) is 5.91 Å². The molecule has 0 radical (unpaired) electrons. The molecular formula is C19H28FN3O. The molecule has 1 heterocycles. The average Bonchev–Trinajstić information content (AvgIpc) is 2.58. The third kappa shape index (κ3) is 4.47. The summed E-state index contributed by atoms with van der Waals surface area (Å²) in [7, 11) is 0. The lowest BCUT2D eigenvalue weighted by Crippen LogP contribution is -2.51. The highest BCUT2D eigenvalue weighted by molar-refractivity contribution is 5.78. The molecule has 2 aliphatic rings. The molecule has 1 saturated heterocycles. The monoisotopic (exact) mass is 333 g/mol. The lowest BCUT2D eigenvalue weighted by molar-refractivity contribution is -0.123. The van der Waals surface area contributed by atoms with Crippen molar-refractivity contribution < 1.29 is 9.18 Å². The Kier molecular flexibility index (Phi) is 5.72. The van der Waals surface area contributed by atoms with E-state index in [9.17, 15) is 9.18 Å². The maximum Gasteiger partial charge on any atom is 0.234 e. The van der Waals surface area contributed by atoms with Gasteiger partial charge in [-0.15, -0.1) is 0 Å². The van der Waals surface area contributed by atoms with Crippen LogP contribution in [0.25, 0.3) is 0 Å². The summed E-state index contributed by atoms with van der Waals surface area (Å²) >= 11 is 0. The third-order valence-electron chi connectivity index (χ3n) is 5.39. The Balaban J connectivity index is 1.43. The van der Waals surface area contributed by atoms with Gasteiger partial charge in [0.15, 0.2) is 0 Å². The van der Waals surface area contributed by atoms with Crippen LogP contribution in [0.3, 0.4) is 0 Å². The molecule has 24 heavy (non-hydrogen) atoms. The zero-order valence-electron chi connectivity index (χ0n) is 14.5. The fourth-order valence-corrected chi connectivity index (χ4v) is 3.80. The summed E-state index contributed by atoms with van der Waals surface area (Å²) in [5.41, 5.74) is 1.05. The minimum atomic E-state index is -0.203.